The SMILES string of the molecule is C[C@@H]1CN(C(=O)[C@@H]2CCC(=O)N[C@@H](C)C(=O)N(C)[C@H](Cc3ccccc3)COc3ccccc3C(=O)N2)C[C@H](C)O1. The molecule has 1 saturated heterocycles. The summed E-state index contributed by atoms with van der Waals surface area (Å²) in [4.78, 5) is 56.7. The van der Waals surface area contributed by atoms with Crippen molar-refractivity contribution in [2.45, 2.75) is 70.4 Å². The van der Waals surface area contributed by atoms with Crippen molar-refractivity contribution in [3.8, 4) is 5.75 Å². The van der Waals surface area contributed by atoms with Crippen molar-refractivity contribution in [1.82, 2.24) is 20.4 Å². The molecule has 2 heterocycles. The van der Waals surface area contributed by atoms with E-state index in [0.717, 1.165) is 5.56 Å². The molecule has 5 atom stereocenters. The maximum atomic E-state index is 13.6. The summed E-state index contributed by atoms with van der Waals surface area (Å²) >= 11 is 0. The van der Waals surface area contributed by atoms with Gasteiger partial charge in [0.1, 0.15) is 24.4 Å². The second kappa shape index (κ2) is 13.6. The van der Waals surface area contributed by atoms with Crippen molar-refractivity contribution in [1.29, 1.82) is 0 Å². The summed E-state index contributed by atoms with van der Waals surface area (Å²) in [5, 5.41) is 5.63. The lowest BCUT2D eigenvalue weighted by Gasteiger charge is -2.37. The third-order valence-corrected chi connectivity index (χ3v) is 7.52. The van der Waals surface area contributed by atoms with Crippen LogP contribution in [-0.4, -0.2) is 90.5 Å². The van der Waals surface area contributed by atoms with Crippen molar-refractivity contribution in [2.75, 3.05) is 26.7 Å². The fourth-order valence-electron chi connectivity index (χ4n) is 5.37. The fourth-order valence-corrected chi connectivity index (χ4v) is 5.37. The van der Waals surface area contributed by atoms with Gasteiger partial charge >= 0.3 is 0 Å². The van der Waals surface area contributed by atoms with E-state index in [2.05, 4.69) is 10.6 Å². The predicted molar refractivity (Wildman–Crippen MR) is 153 cm³/mol. The summed E-state index contributed by atoms with van der Waals surface area (Å²) in [7, 11) is 1.69. The number of carbonyl (C=O) groups is 4. The van der Waals surface area contributed by atoms with Gasteiger partial charge in [-0.15, -0.1) is 0 Å². The molecular weight excluding hydrogens is 524 g/mol. The molecule has 0 unspecified atom stereocenters. The molecule has 2 aromatic rings. The molecule has 0 spiro atoms. The van der Waals surface area contributed by atoms with Gasteiger partial charge in [0.05, 0.1) is 23.8 Å². The number of benzene rings is 2. The highest BCUT2D eigenvalue weighted by Gasteiger charge is 2.33. The maximum Gasteiger partial charge on any atom is 0.255 e. The van der Waals surface area contributed by atoms with Crippen LogP contribution in [0.1, 0.15) is 49.5 Å². The number of likely N-dealkylation sites (N-methyl/N-ethyl adjacent to an activating group) is 1. The summed E-state index contributed by atoms with van der Waals surface area (Å²) in [6.07, 6.45) is 0.258. The van der Waals surface area contributed by atoms with Gasteiger partial charge in [-0.1, -0.05) is 42.5 Å². The molecule has 4 rings (SSSR count). The number of ether oxygens (including phenoxy) is 2. The van der Waals surface area contributed by atoms with Crippen LogP contribution in [-0.2, 0) is 25.5 Å². The summed E-state index contributed by atoms with van der Waals surface area (Å²) in [6.45, 7) is 6.34. The predicted octanol–water partition coefficient (Wildman–Crippen LogP) is 2.17. The Labute approximate surface area is 241 Å². The molecule has 2 N–H and O–H groups in total. The van der Waals surface area contributed by atoms with Crippen molar-refractivity contribution in [3.63, 3.8) is 0 Å². The van der Waals surface area contributed by atoms with E-state index < -0.39 is 18.0 Å². The normalized spacial score (nSPS) is 26.5. The van der Waals surface area contributed by atoms with Gasteiger partial charge in [-0.05, 0) is 51.3 Å². The molecule has 41 heavy (non-hydrogen) atoms. The average molecular weight is 565 g/mol. The van der Waals surface area contributed by atoms with Crippen LogP contribution in [0.25, 0.3) is 0 Å². The van der Waals surface area contributed by atoms with Gasteiger partial charge in [0, 0.05) is 26.6 Å². The molecule has 10 nitrogen and oxygen atoms in total. The number of hydrogen-bond donors (Lipinski definition) is 2. The van der Waals surface area contributed by atoms with Crippen molar-refractivity contribution < 1.29 is 28.7 Å². The van der Waals surface area contributed by atoms with E-state index in [4.69, 9.17) is 9.47 Å². The van der Waals surface area contributed by atoms with E-state index in [0.29, 0.717) is 25.3 Å². The minimum atomic E-state index is -0.941. The van der Waals surface area contributed by atoms with Gasteiger partial charge in [-0.25, -0.2) is 0 Å². The van der Waals surface area contributed by atoms with Crippen molar-refractivity contribution in [2.24, 2.45) is 0 Å². The number of nitrogens with one attached hydrogen (secondary N) is 2. The minimum absolute atomic E-state index is 0.0426. The number of morpholine rings is 1. The Kier molecular flexibility index (Phi) is 9.99. The highest BCUT2D eigenvalue weighted by Crippen LogP contribution is 2.21. The second-order valence-electron chi connectivity index (χ2n) is 11.0. The van der Waals surface area contributed by atoms with Crippen LogP contribution in [0.4, 0.5) is 0 Å². The number of fused-ring (bicyclic) bond motifs is 1. The first-order valence-electron chi connectivity index (χ1n) is 14.2. The van der Waals surface area contributed by atoms with Gasteiger partial charge in [-0.2, -0.15) is 0 Å². The lowest BCUT2D eigenvalue weighted by atomic mass is 10.0. The third-order valence-electron chi connectivity index (χ3n) is 7.52. The molecule has 2 aromatic carbocycles. The number of rotatable bonds is 3. The zero-order chi connectivity index (χ0) is 29.5. The number of nitrogens with zero attached hydrogens (tertiary/aromatic N) is 2. The van der Waals surface area contributed by atoms with E-state index in [1.807, 2.05) is 44.2 Å². The fraction of sp³-hybridized carbons (Fsp3) is 0.484. The largest absolute Gasteiger partial charge is 0.491 e. The molecule has 0 aromatic heterocycles. The van der Waals surface area contributed by atoms with Crippen LogP contribution in [0.5, 0.6) is 5.75 Å². The summed E-state index contributed by atoms with van der Waals surface area (Å²) in [5.41, 5.74) is 1.30. The van der Waals surface area contributed by atoms with Crippen LogP contribution >= 0.6 is 0 Å². The molecule has 0 saturated carbocycles. The van der Waals surface area contributed by atoms with Gasteiger partial charge in [0.2, 0.25) is 17.7 Å². The topological polar surface area (TPSA) is 117 Å². The number of hydrogen-bond acceptors (Lipinski definition) is 6. The number of carbonyl (C=O) groups excluding carboxylic acids is 4. The molecule has 2 aliphatic rings. The molecule has 10 heteroatoms. The Bertz CT molecular complexity index is 1230. The quantitative estimate of drug-likeness (QED) is 0.590. The Hall–Kier alpha value is -3.92. The smallest absolute Gasteiger partial charge is 0.255 e. The number of para-hydroxylation sites is 1. The van der Waals surface area contributed by atoms with Gasteiger partial charge < -0.3 is 29.9 Å². The first-order valence-corrected chi connectivity index (χ1v) is 14.2. The minimum Gasteiger partial charge on any atom is -0.491 e. The highest BCUT2D eigenvalue weighted by molar-refractivity contribution is 6.00. The summed E-state index contributed by atoms with van der Waals surface area (Å²) in [6, 6.07) is 14.5. The lowest BCUT2D eigenvalue weighted by molar-refractivity contribution is -0.145. The lowest BCUT2D eigenvalue weighted by Crippen LogP contribution is -2.55. The first-order chi connectivity index (χ1) is 19.6. The third kappa shape index (κ3) is 7.85. The van der Waals surface area contributed by atoms with Crippen molar-refractivity contribution >= 4 is 23.6 Å². The standard InChI is InChI=1S/C31H40N4O6/c1-20-17-35(18-21(2)41-20)31(39)26-14-15-28(36)32-22(3)30(38)34(4)24(16-23-10-6-5-7-11-23)19-40-27-13-9-8-12-25(27)29(37)33-26/h5-13,20-22,24,26H,14-19H2,1-4H3,(H,32,36)(H,33,37)/t20-,21+,22-,24+,26-/m0/s1. The van der Waals surface area contributed by atoms with Crippen molar-refractivity contribution in [3.05, 3.63) is 65.7 Å². The molecule has 1 fully saturated rings. The van der Waals surface area contributed by atoms with E-state index in [-0.39, 0.29) is 61.0 Å². The van der Waals surface area contributed by atoms with Gasteiger partial charge in [0.15, 0.2) is 0 Å². The van der Waals surface area contributed by atoms with Crippen LogP contribution < -0.4 is 15.4 Å². The van der Waals surface area contributed by atoms with E-state index in [1.54, 1.807) is 48.0 Å². The monoisotopic (exact) mass is 564 g/mol. The number of amides is 4. The van der Waals surface area contributed by atoms with E-state index in [9.17, 15) is 19.2 Å². The Morgan fingerprint density at radius 1 is 0.927 bits per heavy atom. The zero-order valence-electron chi connectivity index (χ0n) is 24.2. The molecule has 4 amide bonds. The van der Waals surface area contributed by atoms with E-state index in [1.165, 1.54) is 0 Å². The average Bonchev–Trinajstić information content (AvgIpc) is 2.96. The zero-order valence-corrected chi connectivity index (χ0v) is 24.2. The van der Waals surface area contributed by atoms with E-state index >= 15 is 0 Å². The summed E-state index contributed by atoms with van der Waals surface area (Å²) < 4.78 is 11.9. The molecule has 0 bridgehead atoms. The Balaban J connectivity index is 1.63. The van der Waals surface area contributed by atoms with Gasteiger partial charge in [0.25, 0.3) is 5.91 Å². The maximum absolute atomic E-state index is 13.6. The highest BCUT2D eigenvalue weighted by atomic mass is 16.5. The van der Waals surface area contributed by atoms with Gasteiger partial charge in [-0.3, -0.25) is 19.2 Å². The molecule has 0 radical (unpaired) electrons. The second-order valence-corrected chi connectivity index (χ2v) is 11.0. The molecule has 220 valence electrons. The summed E-state index contributed by atoms with van der Waals surface area (Å²) in [5.74, 6) is -1.03. The van der Waals surface area contributed by atoms with Crippen LogP contribution in [0.3, 0.4) is 0 Å². The van der Waals surface area contributed by atoms with Crippen LogP contribution in [0.2, 0.25) is 0 Å². The van der Waals surface area contributed by atoms with Crippen LogP contribution in [0, 0.1) is 0 Å². The van der Waals surface area contributed by atoms with Crippen LogP contribution in [0.15, 0.2) is 54.6 Å². The molecular formula is C31H40N4O6. The molecule has 0 aliphatic carbocycles. The first kappa shape index (κ1) is 30.0. The Morgan fingerprint density at radius 2 is 1.59 bits per heavy atom. The molecule has 2 aliphatic heterocycles. The Morgan fingerprint density at radius 3 is 2.29 bits per heavy atom.